The van der Waals surface area contributed by atoms with Crippen LogP contribution in [0.1, 0.15) is 38.1 Å². The van der Waals surface area contributed by atoms with E-state index in [4.69, 9.17) is 0 Å². The molecular formula is C22H27F2N3O4S. The number of benzene rings is 2. The number of amides is 2. The third-order valence-corrected chi connectivity index (χ3v) is 6.91. The van der Waals surface area contributed by atoms with E-state index >= 15 is 0 Å². The summed E-state index contributed by atoms with van der Waals surface area (Å²) in [6.07, 6.45) is 0. The van der Waals surface area contributed by atoms with Gasteiger partial charge in [0, 0.05) is 24.7 Å². The van der Waals surface area contributed by atoms with E-state index in [2.05, 4.69) is 10.6 Å². The molecule has 0 heterocycles. The largest absolute Gasteiger partial charge is 0.340 e. The highest BCUT2D eigenvalue weighted by molar-refractivity contribution is 7.89. The number of sulfonamides is 1. The van der Waals surface area contributed by atoms with Crippen LogP contribution in [0.2, 0.25) is 0 Å². The lowest BCUT2D eigenvalue weighted by molar-refractivity contribution is -0.118. The standard InChI is InChI=1S/C22H27F2N3O4S/c1-5-27(6-2)32(30,31)17-9-7-8-15(12-17)21(28)26-20(14(3)4)22(29)25-19-11-10-16(23)13-18(19)24/h7-14,20H,5-6H2,1-4H3,(H,25,29)(H,26,28)/t20-/m0/s1. The maximum atomic E-state index is 13.9. The van der Waals surface area contributed by atoms with E-state index < -0.39 is 39.5 Å². The van der Waals surface area contributed by atoms with Gasteiger partial charge in [0.25, 0.3) is 5.91 Å². The number of hydrogen-bond donors (Lipinski definition) is 2. The molecule has 174 valence electrons. The number of halogens is 2. The van der Waals surface area contributed by atoms with Gasteiger partial charge in [-0.2, -0.15) is 4.31 Å². The van der Waals surface area contributed by atoms with Crippen LogP contribution < -0.4 is 10.6 Å². The molecule has 7 nitrogen and oxygen atoms in total. The van der Waals surface area contributed by atoms with Crippen LogP contribution in [0.3, 0.4) is 0 Å². The van der Waals surface area contributed by atoms with E-state index in [0.717, 1.165) is 12.1 Å². The summed E-state index contributed by atoms with van der Waals surface area (Å²) in [5, 5.41) is 4.91. The van der Waals surface area contributed by atoms with E-state index in [1.54, 1.807) is 27.7 Å². The topological polar surface area (TPSA) is 95.6 Å². The molecule has 0 fully saturated rings. The van der Waals surface area contributed by atoms with Crippen molar-refractivity contribution in [3.05, 3.63) is 59.7 Å². The monoisotopic (exact) mass is 467 g/mol. The Balaban J connectivity index is 2.24. The highest BCUT2D eigenvalue weighted by atomic mass is 32.2. The molecule has 2 aromatic rings. The van der Waals surface area contributed by atoms with Crippen LogP contribution in [0.15, 0.2) is 47.4 Å². The number of carbonyl (C=O) groups excluding carboxylic acids is 2. The Morgan fingerprint density at radius 2 is 1.69 bits per heavy atom. The molecule has 2 rings (SSSR count). The fourth-order valence-electron chi connectivity index (χ4n) is 3.07. The van der Waals surface area contributed by atoms with Crippen LogP contribution >= 0.6 is 0 Å². The van der Waals surface area contributed by atoms with Gasteiger partial charge >= 0.3 is 0 Å². The molecule has 0 radical (unpaired) electrons. The predicted octanol–water partition coefficient (Wildman–Crippen LogP) is 3.39. The van der Waals surface area contributed by atoms with Gasteiger partial charge in [-0.1, -0.05) is 33.8 Å². The molecule has 0 saturated carbocycles. The summed E-state index contributed by atoms with van der Waals surface area (Å²) >= 11 is 0. The van der Waals surface area contributed by atoms with Crippen molar-refractivity contribution in [1.29, 1.82) is 0 Å². The molecule has 0 aliphatic rings. The molecule has 10 heteroatoms. The summed E-state index contributed by atoms with van der Waals surface area (Å²) in [7, 11) is -3.77. The second kappa shape index (κ2) is 10.6. The molecule has 0 saturated heterocycles. The molecule has 0 unspecified atom stereocenters. The first-order chi connectivity index (χ1) is 15.0. The van der Waals surface area contributed by atoms with E-state index in [1.807, 2.05) is 0 Å². The number of nitrogens with one attached hydrogen (secondary N) is 2. The van der Waals surface area contributed by atoms with Crippen LogP contribution in [0.5, 0.6) is 0 Å². The molecule has 32 heavy (non-hydrogen) atoms. The number of hydrogen-bond acceptors (Lipinski definition) is 4. The molecule has 0 spiro atoms. The minimum absolute atomic E-state index is 0.0345. The van der Waals surface area contributed by atoms with Gasteiger partial charge < -0.3 is 10.6 Å². The number of anilines is 1. The SMILES string of the molecule is CCN(CC)S(=O)(=O)c1cccc(C(=O)N[C@H](C(=O)Nc2ccc(F)cc2F)C(C)C)c1. The average Bonchev–Trinajstić information content (AvgIpc) is 2.74. The summed E-state index contributed by atoms with van der Waals surface area (Å²) in [6.45, 7) is 7.37. The Kier molecular flexibility index (Phi) is 8.45. The number of nitrogens with zero attached hydrogens (tertiary/aromatic N) is 1. The molecule has 2 N–H and O–H groups in total. The highest BCUT2D eigenvalue weighted by Crippen LogP contribution is 2.19. The zero-order valence-electron chi connectivity index (χ0n) is 18.4. The summed E-state index contributed by atoms with van der Waals surface area (Å²) < 4.78 is 53.7. The summed E-state index contributed by atoms with van der Waals surface area (Å²) in [5.41, 5.74) is -0.159. The Bertz CT molecular complexity index is 1090. The van der Waals surface area contributed by atoms with Crippen molar-refractivity contribution >= 4 is 27.5 Å². The lowest BCUT2D eigenvalue weighted by atomic mass is 10.0. The van der Waals surface area contributed by atoms with Gasteiger partial charge in [-0.25, -0.2) is 17.2 Å². The minimum atomic E-state index is -3.77. The third kappa shape index (κ3) is 5.89. The second-order valence-electron chi connectivity index (χ2n) is 7.43. The first-order valence-electron chi connectivity index (χ1n) is 10.2. The number of carbonyl (C=O) groups is 2. The van der Waals surface area contributed by atoms with Crippen molar-refractivity contribution in [1.82, 2.24) is 9.62 Å². The lowest BCUT2D eigenvalue weighted by Crippen LogP contribution is -2.47. The highest BCUT2D eigenvalue weighted by Gasteiger charge is 2.27. The van der Waals surface area contributed by atoms with Crippen molar-refractivity contribution in [2.24, 2.45) is 5.92 Å². The van der Waals surface area contributed by atoms with E-state index in [9.17, 15) is 26.8 Å². The first-order valence-corrected chi connectivity index (χ1v) is 11.6. The fourth-order valence-corrected chi connectivity index (χ4v) is 4.58. The Morgan fingerprint density at radius 3 is 2.25 bits per heavy atom. The Morgan fingerprint density at radius 1 is 1.03 bits per heavy atom. The van der Waals surface area contributed by atoms with E-state index in [1.165, 1.54) is 28.6 Å². The van der Waals surface area contributed by atoms with E-state index in [0.29, 0.717) is 6.07 Å². The van der Waals surface area contributed by atoms with Gasteiger partial charge in [-0.05, 0) is 36.2 Å². The molecular weight excluding hydrogens is 440 g/mol. The predicted molar refractivity (Wildman–Crippen MR) is 118 cm³/mol. The average molecular weight is 468 g/mol. The minimum Gasteiger partial charge on any atom is -0.340 e. The zero-order chi connectivity index (χ0) is 24.1. The van der Waals surface area contributed by atoms with Gasteiger partial charge in [-0.15, -0.1) is 0 Å². The van der Waals surface area contributed by atoms with Crippen molar-refractivity contribution < 1.29 is 26.8 Å². The molecule has 0 aliphatic heterocycles. The smallest absolute Gasteiger partial charge is 0.251 e. The van der Waals surface area contributed by atoms with Gasteiger partial charge in [0.15, 0.2) is 0 Å². The summed E-state index contributed by atoms with van der Waals surface area (Å²) in [6, 6.07) is 7.21. The maximum absolute atomic E-state index is 13.9. The molecule has 1 atom stereocenters. The quantitative estimate of drug-likeness (QED) is 0.591. The van der Waals surface area contributed by atoms with Crippen LogP contribution in [0, 0.1) is 17.6 Å². The molecule has 2 aromatic carbocycles. The normalized spacial score (nSPS) is 12.6. The second-order valence-corrected chi connectivity index (χ2v) is 9.36. The van der Waals surface area contributed by atoms with Crippen molar-refractivity contribution in [3.8, 4) is 0 Å². The van der Waals surface area contributed by atoms with Gasteiger partial charge in [-0.3, -0.25) is 9.59 Å². The summed E-state index contributed by atoms with van der Waals surface area (Å²) in [5.74, 6) is -3.44. The van der Waals surface area contributed by atoms with Crippen molar-refractivity contribution in [3.63, 3.8) is 0 Å². The van der Waals surface area contributed by atoms with Crippen molar-refractivity contribution in [2.45, 2.75) is 38.6 Å². The van der Waals surface area contributed by atoms with Crippen LogP contribution in [-0.4, -0.2) is 43.7 Å². The van der Waals surface area contributed by atoms with Gasteiger partial charge in [0.1, 0.15) is 17.7 Å². The van der Waals surface area contributed by atoms with Gasteiger partial charge in [0.2, 0.25) is 15.9 Å². The summed E-state index contributed by atoms with van der Waals surface area (Å²) in [4.78, 5) is 25.4. The first kappa shape index (κ1) is 25.4. The third-order valence-electron chi connectivity index (χ3n) is 4.86. The van der Waals surface area contributed by atoms with Gasteiger partial charge in [0.05, 0.1) is 10.6 Å². The molecule has 0 bridgehead atoms. The zero-order valence-corrected chi connectivity index (χ0v) is 19.2. The van der Waals surface area contributed by atoms with Crippen LogP contribution in [-0.2, 0) is 14.8 Å². The number of rotatable bonds is 9. The molecule has 2 amide bonds. The van der Waals surface area contributed by atoms with Crippen LogP contribution in [0.4, 0.5) is 14.5 Å². The Labute approximate surface area is 186 Å². The van der Waals surface area contributed by atoms with Crippen molar-refractivity contribution in [2.75, 3.05) is 18.4 Å². The van der Waals surface area contributed by atoms with E-state index in [-0.39, 0.29) is 35.2 Å². The molecule has 0 aliphatic carbocycles. The Hall–Kier alpha value is -2.85. The molecule has 0 aromatic heterocycles. The van der Waals surface area contributed by atoms with Crippen LogP contribution in [0.25, 0.3) is 0 Å². The fraction of sp³-hybridized carbons (Fsp3) is 0.364. The maximum Gasteiger partial charge on any atom is 0.251 e. The lowest BCUT2D eigenvalue weighted by Gasteiger charge is -2.22.